The van der Waals surface area contributed by atoms with Crippen LogP contribution in [0.1, 0.15) is 46.3 Å². The van der Waals surface area contributed by atoms with E-state index in [-0.39, 0.29) is 17.8 Å². The van der Waals surface area contributed by atoms with Gasteiger partial charge in [-0.25, -0.2) is 9.37 Å². The first-order valence-corrected chi connectivity index (χ1v) is 10.5. The molecular formula is C26H23FN2O2. The van der Waals surface area contributed by atoms with Gasteiger partial charge < -0.3 is 9.32 Å². The maximum absolute atomic E-state index is 13.6. The highest BCUT2D eigenvalue weighted by Gasteiger charge is 2.34. The number of rotatable bonds is 3. The van der Waals surface area contributed by atoms with Gasteiger partial charge in [-0.3, -0.25) is 4.79 Å². The monoisotopic (exact) mass is 414 g/mol. The maximum atomic E-state index is 13.6. The van der Waals surface area contributed by atoms with Crippen LogP contribution in [-0.4, -0.2) is 22.3 Å². The summed E-state index contributed by atoms with van der Waals surface area (Å²) in [6.45, 7) is 4.40. The molecule has 1 unspecified atom stereocenters. The Morgan fingerprint density at radius 3 is 2.61 bits per heavy atom. The van der Waals surface area contributed by atoms with E-state index >= 15 is 0 Å². The molecule has 0 bridgehead atoms. The van der Waals surface area contributed by atoms with E-state index in [4.69, 9.17) is 9.40 Å². The van der Waals surface area contributed by atoms with Crippen LogP contribution in [0.5, 0.6) is 0 Å². The minimum atomic E-state index is -0.215. The third kappa shape index (κ3) is 3.50. The van der Waals surface area contributed by atoms with Crippen molar-refractivity contribution < 1.29 is 13.6 Å². The Kier molecular flexibility index (Phi) is 4.81. The summed E-state index contributed by atoms with van der Waals surface area (Å²) in [6.07, 6.45) is 1.75. The first kappa shape index (κ1) is 19.5. The Balaban J connectivity index is 1.47. The highest BCUT2D eigenvalue weighted by Crippen LogP contribution is 2.35. The molecule has 0 N–H and O–H groups in total. The number of oxazole rings is 1. The average Bonchev–Trinajstić information content (AvgIpc) is 3.41. The van der Waals surface area contributed by atoms with E-state index in [0.717, 1.165) is 40.6 Å². The van der Waals surface area contributed by atoms with Crippen molar-refractivity contribution in [1.82, 2.24) is 9.88 Å². The van der Waals surface area contributed by atoms with Gasteiger partial charge in [0.15, 0.2) is 5.58 Å². The second-order valence-electron chi connectivity index (χ2n) is 8.17. The van der Waals surface area contributed by atoms with Gasteiger partial charge in [-0.1, -0.05) is 30.3 Å². The molecule has 156 valence electrons. The third-order valence-corrected chi connectivity index (χ3v) is 6.07. The minimum Gasteiger partial charge on any atom is -0.438 e. The fourth-order valence-electron chi connectivity index (χ4n) is 4.33. The average molecular weight is 414 g/mol. The van der Waals surface area contributed by atoms with E-state index in [1.165, 1.54) is 6.07 Å². The van der Waals surface area contributed by atoms with Crippen LogP contribution in [0.2, 0.25) is 0 Å². The highest BCUT2D eigenvalue weighted by molar-refractivity contribution is 5.96. The van der Waals surface area contributed by atoms with Crippen LogP contribution < -0.4 is 0 Å². The Hall–Kier alpha value is -3.47. The minimum absolute atomic E-state index is 0.0188. The third-order valence-electron chi connectivity index (χ3n) is 6.07. The van der Waals surface area contributed by atoms with Gasteiger partial charge in [0, 0.05) is 12.1 Å². The zero-order chi connectivity index (χ0) is 21.5. The van der Waals surface area contributed by atoms with Crippen LogP contribution in [-0.2, 0) is 0 Å². The molecule has 4 aromatic rings. The molecule has 3 aromatic carbocycles. The Bertz CT molecular complexity index is 1290. The van der Waals surface area contributed by atoms with Crippen LogP contribution >= 0.6 is 0 Å². The molecule has 5 heteroatoms. The lowest BCUT2D eigenvalue weighted by atomic mass is 10.0. The summed E-state index contributed by atoms with van der Waals surface area (Å²) in [4.78, 5) is 19.8. The summed E-state index contributed by atoms with van der Waals surface area (Å²) in [5, 5.41) is 0. The molecule has 2 heterocycles. The molecule has 1 aliphatic heterocycles. The fraction of sp³-hybridized carbons (Fsp3) is 0.231. The van der Waals surface area contributed by atoms with Crippen molar-refractivity contribution in [3.05, 3.63) is 89.1 Å². The number of aromatic nitrogens is 1. The van der Waals surface area contributed by atoms with Crippen LogP contribution in [0.3, 0.4) is 0 Å². The summed E-state index contributed by atoms with van der Waals surface area (Å²) >= 11 is 0. The number of likely N-dealkylation sites (tertiary alicyclic amines) is 1. The van der Waals surface area contributed by atoms with Crippen molar-refractivity contribution in [1.29, 1.82) is 0 Å². The summed E-state index contributed by atoms with van der Waals surface area (Å²) in [5.41, 5.74) is 5.61. The van der Waals surface area contributed by atoms with Gasteiger partial charge in [0.2, 0.25) is 5.89 Å². The van der Waals surface area contributed by atoms with Gasteiger partial charge in [0.05, 0.1) is 0 Å². The van der Waals surface area contributed by atoms with E-state index in [2.05, 4.69) is 0 Å². The summed E-state index contributed by atoms with van der Waals surface area (Å²) < 4.78 is 19.7. The SMILES string of the molecule is Cc1cc(-c2ccc3oc(C4CCCN4C(=O)c4ccccc4C)nc3c2)ccc1F. The van der Waals surface area contributed by atoms with Gasteiger partial charge in [-0.15, -0.1) is 0 Å². The molecule has 0 saturated carbocycles. The van der Waals surface area contributed by atoms with Crippen LogP contribution in [0.15, 0.2) is 65.1 Å². The molecule has 1 fully saturated rings. The maximum Gasteiger partial charge on any atom is 0.254 e. The molecule has 5 rings (SSSR count). The smallest absolute Gasteiger partial charge is 0.254 e. The fourth-order valence-corrected chi connectivity index (χ4v) is 4.33. The van der Waals surface area contributed by atoms with Gasteiger partial charge in [0.1, 0.15) is 17.4 Å². The molecule has 1 aliphatic rings. The number of hydrogen-bond donors (Lipinski definition) is 0. The largest absolute Gasteiger partial charge is 0.438 e. The number of carbonyl (C=O) groups is 1. The number of amides is 1. The predicted molar refractivity (Wildman–Crippen MR) is 118 cm³/mol. The highest BCUT2D eigenvalue weighted by atomic mass is 19.1. The summed E-state index contributed by atoms with van der Waals surface area (Å²) in [5.74, 6) is 0.375. The van der Waals surface area contributed by atoms with E-state index in [9.17, 15) is 9.18 Å². The number of hydrogen-bond acceptors (Lipinski definition) is 3. The van der Waals surface area contributed by atoms with Gasteiger partial charge in [-0.05, 0) is 79.3 Å². The number of carbonyl (C=O) groups excluding carboxylic acids is 1. The second kappa shape index (κ2) is 7.65. The number of benzene rings is 3. The lowest BCUT2D eigenvalue weighted by Crippen LogP contribution is -2.31. The zero-order valence-corrected chi connectivity index (χ0v) is 17.6. The standard InChI is InChI=1S/C26H23FN2O2/c1-16-6-3-4-7-20(16)26(30)29-13-5-8-23(29)25-28-22-15-19(10-12-24(22)31-25)18-9-11-21(27)17(2)14-18/h3-4,6-7,9-12,14-15,23H,5,8,13H2,1-2H3. The first-order chi connectivity index (χ1) is 15.0. The molecule has 0 spiro atoms. The van der Waals surface area contributed by atoms with Gasteiger partial charge in [0.25, 0.3) is 5.91 Å². The van der Waals surface area contributed by atoms with Crippen molar-refractivity contribution in [3.8, 4) is 11.1 Å². The molecule has 1 saturated heterocycles. The van der Waals surface area contributed by atoms with Crippen LogP contribution in [0.25, 0.3) is 22.2 Å². The van der Waals surface area contributed by atoms with Crippen molar-refractivity contribution >= 4 is 17.0 Å². The van der Waals surface area contributed by atoms with E-state index in [1.807, 2.05) is 60.4 Å². The topological polar surface area (TPSA) is 46.3 Å². The normalized spacial score (nSPS) is 16.2. The Morgan fingerprint density at radius 1 is 1.03 bits per heavy atom. The van der Waals surface area contributed by atoms with E-state index < -0.39 is 0 Å². The number of nitrogens with zero attached hydrogens (tertiary/aromatic N) is 2. The molecule has 0 radical (unpaired) electrons. The number of aryl methyl sites for hydroxylation is 2. The summed E-state index contributed by atoms with van der Waals surface area (Å²) in [7, 11) is 0. The second-order valence-corrected chi connectivity index (χ2v) is 8.17. The van der Waals surface area contributed by atoms with Crippen molar-refractivity contribution in [2.75, 3.05) is 6.54 Å². The molecular weight excluding hydrogens is 391 g/mol. The molecule has 1 aromatic heterocycles. The van der Waals surface area contributed by atoms with Crippen molar-refractivity contribution in [3.63, 3.8) is 0 Å². The lowest BCUT2D eigenvalue weighted by Gasteiger charge is -2.23. The number of halogens is 1. The predicted octanol–water partition coefficient (Wildman–Crippen LogP) is 6.23. The van der Waals surface area contributed by atoms with Crippen molar-refractivity contribution in [2.24, 2.45) is 0 Å². The van der Waals surface area contributed by atoms with E-state index in [1.54, 1.807) is 13.0 Å². The molecule has 1 amide bonds. The molecule has 31 heavy (non-hydrogen) atoms. The Labute approximate surface area is 180 Å². The number of fused-ring (bicyclic) bond motifs is 1. The van der Waals surface area contributed by atoms with E-state index in [0.29, 0.717) is 23.6 Å². The van der Waals surface area contributed by atoms with Crippen LogP contribution in [0, 0.1) is 19.7 Å². The van der Waals surface area contributed by atoms with Crippen LogP contribution in [0.4, 0.5) is 4.39 Å². The van der Waals surface area contributed by atoms with Gasteiger partial charge >= 0.3 is 0 Å². The van der Waals surface area contributed by atoms with Gasteiger partial charge in [-0.2, -0.15) is 0 Å². The first-order valence-electron chi connectivity index (χ1n) is 10.5. The molecule has 1 atom stereocenters. The Morgan fingerprint density at radius 2 is 1.81 bits per heavy atom. The zero-order valence-electron chi connectivity index (χ0n) is 17.6. The van der Waals surface area contributed by atoms with Crippen molar-refractivity contribution in [2.45, 2.75) is 32.7 Å². The quantitative estimate of drug-likeness (QED) is 0.399. The molecule has 0 aliphatic carbocycles. The lowest BCUT2D eigenvalue weighted by molar-refractivity contribution is 0.0716. The summed E-state index contributed by atoms with van der Waals surface area (Å²) in [6, 6.07) is 18.4. The molecule has 4 nitrogen and oxygen atoms in total.